The fraction of sp³-hybridized carbons (Fsp3) is 0.143. The van der Waals surface area contributed by atoms with Crippen LogP contribution in [0.4, 0.5) is 0 Å². The van der Waals surface area contributed by atoms with Crippen molar-refractivity contribution < 1.29 is 14.3 Å². The molecule has 0 unspecified atom stereocenters. The Kier molecular flexibility index (Phi) is 5.21. The number of carbonyl (C=O) groups excluding carboxylic acids is 1. The minimum Gasteiger partial charge on any atom is -0.490 e. The summed E-state index contributed by atoms with van der Waals surface area (Å²) < 4.78 is 10.4. The topological polar surface area (TPSA) is 48.4 Å². The first-order chi connectivity index (χ1) is 9.66. The third-order valence-corrected chi connectivity index (χ3v) is 3.05. The van der Waals surface area contributed by atoms with Gasteiger partial charge in [-0.1, -0.05) is 41.4 Å². The first-order valence-electron chi connectivity index (χ1n) is 5.83. The van der Waals surface area contributed by atoms with Gasteiger partial charge in [0.15, 0.2) is 0 Å². The predicted octanol–water partition coefficient (Wildman–Crippen LogP) is 3.62. The van der Waals surface area contributed by atoms with Gasteiger partial charge < -0.3 is 9.47 Å². The minimum absolute atomic E-state index is 0.133. The summed E-state index contributed by atoms with van der Waals surface area (Å²) in [6.07, 6.45) is 1.31. The molecule has 4 nitrogen and oxygen atoms in total. The van der Waals surface area contributed by atoms with Crippen molar-refractivity contribution in [3.05, 3.63) is 58.3 Å². The van der Waals surface area contributed by atoms with Crippen LogP contribution >= 0.6 is 23.2 Å². The highest BCUT2D eigenvalue weighted by Crippen LogP contribution is 2.20. The van der Waals surface area contributed by atoms with Gasteiger partial charge in [-0.3, -0.25) is 0 Å². The van der Waals surface area contributed by atoms with Crippen molar-refractivity contribution in [2.45, 2.75) is 0 Å². The maximum atomic E-state index is 11.7. The smallest absolute Gasteiger partial charge is 0.339 e. The summed E-state index contributed by atoms with van der Waals surface area (Å²) in [7, 11) is 0. The van der Waals surface area contributed by atoms with Crippen LogP contribution in [0.1, 0.15) is 10.4 Å². The Bertz CT molecular complexity index is 590. The highest BCUT2D eigenvalue weighted by molar-refractivity contribution is 6.41. The predicted molar refractivity (Wildman–Crippen MR) is 76.5 cm³/mol. The summed E-state index contributed by atoms with van der Waals surface area (Å²) in [6.45, 7) is 0.401. The summed E-state index contributed by atoms with van der Waals surface area (Å²) in [5.74, 6) is 0.201. The van der Waals surface area contributed by atoms with Gasteiger partial charge in [0.25, 0.3) is 0 Å². The third-order valence-electron chi connectivity index (χ3n) is 2.36. The second-order valence-electron chi connectivity index (χ2n) is 3.79. The van der Waals surface area contributed by atoms with Crippen molar-refractivity contribution in [1.82, 2.24) is 4.98 Å². The number of rotatable bonds is 5. The molecule has 2 aromatic rings. The summed E-state index contributed by atoms with van der Waals surface area (Å²) >= 11 is 11.4. The lowest BCUT2D eigenvalue weighted by molar-refractivity contribution is 0.0450. The van der Waals surface area contributed by atoms with Crippen LogP contribution in [0.3, 0.4) is 0 Å². The minimum atomic E-state index is -0.521. The molecule has 1 heterocycles. The van der Waals surface area contributed by atoms with Crippen molar-refractivity contribution >= 4 is 29.2 Å². The molecule has 0 atom stereocenters. The first kappa shape index (κ1) is 14.6. The lowest BCUT2D eigenvalue weighted by atomic mass is 10.3. The monoisotopic (exact) mass is 311 g/mol. The summed E-state index contributed by atoms with van der Waals surface area (Å²) in [5, 5.41) is 0.359. The SMILES string of the molecule is O=C(OCCOc1ccccc1)c1cnc(Cl)c(Cl)c1. The Labute approximate surface area is 126 Å². The lowest BCUT2D eigenvalue weighted by Crippen LogP contribution is -2.12. The first-order valence-corrected chi connectivity index (χ1v) is 6.58. The standard InChI is InChI=1S/C14H11Cl2NO3/c15-12-8-10(9-17-13(12)16)14(18)20-7-6-19-11-4-2-1-3-5-11/h1-5,8-9H,6-7H2. The van der Waals surface area contributed by atoms with E-state index in [2.05, 4.69) is 4.98 Å². The molecule has 0 bridgehead atoms. The van der Waals surface area contributed by atoms with Gasteiger partial charge in [-0.05, 0) is 18.2 Å². The molecule has 20 heavy (non-hydrogen) atoms. The van der Waals surface area contributed by atoms with E-state index in [1.807, 2.05) is 30.3 Å². The quantitative estimate of drug-likeness (QED) is 0.480. The number of hydrogen-bond acceptors (Lipinski definition) is 4. The molecule has 0 saturated heterocycles. The van der Waals surface area contributed by atoms with E-state index in [9.17, 15) is 4.79 Å². The van der Waals surface area contributed by atoms with Crippen LogP contribution < -0.4 is 4.74 Å². The van der Waals surface area contributed by atoms with E-state index in [0.717, 1.165) is 5.75 Å². The molecule has 6 heteroatoms. The average molecular weight is 312 g/mol. The molecule has 0 fully saturated rings. The van der Waals surface area contributed by atoms with Gasteiger partial charge >= 0.3 is 5.97 Å². The van der Waals surface area contributed by atoms with Crippen LogP contribution in [0.25, 0.3) is 0 Å². The van der Waals surface area contributed by atoms with E-state index in [0.29, 0.717) is 0 Å². The van der Waals surface area contributed by atoms with E-state index in [4.69, 9.17) is 32.7 Å². The number of nitrogens with zero attached hydrogens (tertiary/aromatic N) is 1. The van der Waals surface area contributed by atoms with Crippen LogP contribution in [0.5, 0.6) is 5.75 Å². The zero-order valence-electron chi connectivity index (χ0n) is 10.4. The number of carbonyl (C=O) groups is 1. The highest BCUT2D eigenvalue weighted by atomic mass is 35.5. The van der Waals surface area contributed by atoms with E-state index in [1.165, 1.54) is 12.3 Å². The summed E-state index contributed by atoms with van der Waals surface area (Å²) in [5.41, 5.74) is 0.249. The molecule has 1 aromatic carbocycles. The molecular formula is C14H11Cl2NO3. The fourth-order valence-electron chi connectivity index (χ4n) is 1.43. The molecule has 0 saturated carbocycles. The van der Waals surface area contributed by atoms with Crippen molar-refractivity contribution in [1.29, 1.82) is 0 Å². The molecule has 104 valence electrons. The van der Waals surface area contributed by atoms with Gasteiger partial charge in [-0.2, -0.15) is 0 Å². The molecule has 0 aliphatic rings. The maximum Gasteiger partial charge on any atom is 0.339 e. The normalized spacial score (nSPS) is 10.1. The second kappa shape index (κ2) is 7.12. The Morgan fingerprint density at radius 3 is 2.60 bits per heavy atom. The molecular weight excluding hydrogens is 301 g/mol. The van der Waals surface area contributed by atoms with Crippen molar-refractivity contribution in [3.8, 4) is 5.75 Å². The van der Waals surface area contributed by atoms with E-state index in [-0.39, 0.29) is 29.0 Å². The van der Waals surface area contributed by atoms with Crippen LogP contribution in [-0.2, 0) is 4.74 Å². The molecule has 0 spiro atoms. The molecule has 2 rings (SSSR count). The fourth-order valence-corrected chi connectivity index (χ4v) is 1.70. The van der Waals surface area contributed by atoms with Gasteiger partial charge in [0.1, 0.15) is 24.1 Å². The largest absolute Gasteiger partial charge is 0.490 e. The van der Waals surface area contributed by atoms with E-state index < -0.39 is 5.97 Å². The molecule has 0 aliphatic carbocycles. The van der Waals surface area contributed by atoms with Gasteiger partial charge in [-0.25, -0.2) is 9.78 Å². The van der Waals surface area contributed by atoms with Crippen LogP contribution in [0.2, 0.25) is 10.2 Å². The van der Waals surface area contributed by atoms with Gasteiger partial charge in [-0.15, -0.1) is 0 Å². The van der Waals surface area contributed by atoms with E-state index in [1.54, 1.807) is 0 Å². The highest BCUT2D eigenvalue weighted by Gasteiger charge is 2.10. The van der Waals surface area contributed by atoms with Crippen molar-refractivity contribution in [2.24, 2.45) is 0 Å². The Morgan fingerprint density at radius 2 is 1.90 bits per heavy atom. The number of para-hydroxylation sites is 1. The third kappa shape index (κ3) is 4.11. The van der Waals surface area contributed by atoms with Crippen LogP contribution in [-0.4, -0.2) is 24.2 Å². The Hall–Kier alpha value is -1.78. The number of hydrogen-bond donors (Lipinski definition) is 0. The second-order valence-corrected chi connectivity index (χ2v) is 4.56. The number of aromatic nitrogens is 1. The summed E-state index contributed by atoms with van der Waals surface area (Å²) in [4.78, 5) is 15.5. The number of benzene rings is 1. The molecule has 0 N–H and O–H groups in total. The molecule has 0 aliphatic heterocycles. The zero-order valence-corrected chi connectivity index (χ0v) is 11.9. The van der Waals surface area contributed by atoms with Gasteiger partial charge in [0.05, 0.1) is 10.6 Å². The molecule has 1 aromatic heterocycles. The number of halogens is 2. The van der Waals surface area contributed by atoms with Crippen LogP contribution in [0, 0.1) is 0 Å². The van der Waals surface area contributed by atoms with Crippen molar-refractivity contribution in [2.75, 3.05) is 13.2 Å². The average Bonchev–Trinajstić information content (AvgIpc) is 2.47. The molecule has 0 radical (unpaired) electrons. The maximum absolute atomic E-state index is 11.7. The number of pyridine rings is 1. The van der Waals surface area contributed by atoms with Gasteiger partial charge in [0.2, 0.25) is 0 Å². The zero-order chi connectivity index (χ0) is 14.4. The Morgan fingerprint density at radius 1 is 1.15 bits per heavy atom. The summed E-state index contributed by atoms with van der Waals surface area (Å²) in [6, 6.07) is 10.7. The molecule has 0 amide bonds. The van der Waals surface area contributed by atoms with E-state index >= 15 is 0 Å². The van der Waals surface area contributed by atoms with Crippen molar-refractivity contribution in [3.63, 3.8) is 0 Å². The number of esters is 1. The van der Waals surface area contributed by atoms with Gasteiger partial charge in [0, 0.05) is 6.20 Å². The Balaban J connectivity index is 1.79. The number of ether oxygens (including phenoxy) is 2. The van der Waals surface area contributed by atoms with Crippen LogP contribution in [0.15, 0.2) is 42.6 Å². The lowest BCUT2D eigenvalue weighted by Gasteiger charge is -2.07.